The summed E-state index contributed by atoms with van der Waals surface area (Å²) in [7, 11) is 0. The van der Waals surface area contributed by atoms with Crippen LogP contribution in [0.5, 0.6) is 0 Å². The van der Waals surface area contributed by atoms with Crippen molar-refractivity contribution in [2.24, 2.45) is 5.92 Å². The standard InChI is InChI=1S/C16H32O4/c1-2-14(8-9-15(18)6-5-11-17)10-13-20-16-7-3-4-12-19-16/h14-18H,2-13H2,1H3. The molecule has 0 radical (unpaired) electrons. The van der Waals surface area contributed by atoms with Gasteiger partial charge >= 0.3 is 0 Å². The summed E-state index contributed by atoms with van der Waals surface area (Å²) < 4.78 is 11.3. The second kappa shape index (κ2) is 11.5. The van der Waals surface area contributed by atoms with E-state index in [1.165, 1.54) is 6.42 Å². The fourth-order valence-corrected chi connectivity index (χ4v) is 2.66. The highest BCUT2D eigenvalue weighted by atomic mass is 16.7. The van der Waals surface area contributed by atoms with Gasteiger partial charge in [-0.2, -0.15) is 0 Å². The molecular formula is C16H32O4. The lowest BCUT2D eigenvalue weighted by Gasteiger charge is -2.24. The molecule has 1 aliphatic heterocycles. The van der Waals surface area contributed by atoms with Crippen molar-refractivity contribution in [2.75, 3.05) is 19.8 Å². The zero-order chi connectivity index (χ0) is 14.6. The van der Waals surface area contributed by atoms with Crippen LogP contribution in [0.25, 0.3) is 0 Å². The second-order valence-corrected chi connectivity index (χ2v) is 5.83. The van der Waals surface area contributed by atoms with Crippen LogP contribution in [0.1, 0.15) is 64.7 Å². The van der Waals surface area contributed by atoms with E-state index in [4.69, 9.17) is 14.6 Å². The number of hydrogen-bond donors (Lipinski definition) is 2. The molecule has 1 aliphatic rings. The fourth-order valence-electron chi connectivity index (χ4n) is 2.66. The molecule has 0 bridgehead atoms. The quantitative estimate of drug-likeness (QED) is 0.614. The molecule has 0 amide bonds. The van der Waals surface area contributed by atoms with Crippen LogP contribution >= 0.6 is 0 Å². The third-order valence-corrected chi connectivity index (χ3v) is 4.15. The third kappa shape index (κ3) is 8.20. The van der Waals surface area contributed by atoms with Crippen molar-refractivity contribution in [2.45, 2.75) is 77.1 Å². The van der Waals surface area contributed by atoms with E-state index in [1.54, 1.807) is 0 Å². The number of hydrogen-bond acceptors (Lipinski definition) is 4. The average molecular weight is 288 g/mol. The number of aliphatic hydroxyl groups excluding tert-OH is 2. The molecule has 0 saturated carbocycles. The van der Waals surface area contributed by atoms with E-state index in [2.05, 4.69) is 6.92 Å². The maximum Gasteiger partial charge on any atom is 0.157 e. The average Bonchev–Trinajstić information content (AvgIpc) is 2.49. The van der Waals surface area contributed by atoms with Crippen molar-refractivity contribution in [3.63, 3.8) is 0 Å². The first-order valence-corrected chi connectivity index (χ1v) is 8.28. The van der Waals surface area contributed by atoms with E-state index in [0.29, 0.717) is 18.8 Å². The lowest BCUT2D eigenvalue weighted by molar-refractivity contribution is -0.164. The number of ether oxygens (including phenoxy) is 2. The van der Waals surface area contributed by atoms with E-state index in [9.17, 15) is 5.11 Å². The fraction of sp³-hybridized carbons (Fsp3) is 1.00. The minimum atomic E-state index is -0.265. The van der Waals surface area contributed by atoms with Crippen LogP contribution in [0.4, 0.5) is 0 Å². The zero-order valence-electron chi connectivity index (χ0n) is 12.9. The maximum atomic E-state index is 9.79. The molecule has 4 nitrogen and oxygen atoms in total. The Kier molecular flexibility index (Phi) is 10.3. The molecular weight excluding hydrogens is 256 g/mol. The van der Waals surface area contributed by atoms with Gasteiger partial charge in [-0.25, -0.2) is 0 Å². The Hall–Kier alpha value is -0.160. The first-order valence-electron chi connectivity index (χ1n) is 8.28. The number of rotatable bonds is 11. The van der Waals surface area contributed by atoms with Crippen molar-refractivity contribution in [3.8, 4) is 0 Å². The van der Waals surface area contributed by atoms with Crippen molar-refractivity contribution < 1.29 is 19.7 Å². The third-order valence-electron chi connectivity index (χ3n) is 4.15. The molecule has 4 heteroatoms. The molecule has 3 unspecified atom stereocenters. The smallest absolute Gasteiger partial charge is 0.157 e. The Morgan fingerprint density at radius 2 is 2.05 bits per heavy atom. The number of aliphatic hydroxyl groups is 2. The Morgan fingerprint density at radius 3 is 2.70 bits per heavy atom. The summed E-state index contributed by atoms with van der Waals surface area (Å²) in [6, 6.07) is 0. The predicted molar refractivity (Wildman–Crippen MR) is 79.5 cm³/mol. The summed E-state index contributed by atoms with van der Waals surface area (Å²) >= 11 is 0. The molecule has 0 aliphatic carbocycles. The molecule has 1 rings (SSSR count). The summed E-state index contributed by atoms with van der Waals surface area (Å²) in [5.74, 6) is 0.613. The van der Waals surface area contributed by atoms with Gasteiger partial charge in [0.25, 0.3) is 0 Å². The molecule has 1 saturated heterocycles. The summed E-state index contributed by atoms with van der Waals surface area (Å²) in [6.07, 6.45) is 8.58. The van der Waals surface area contributed by atoms with Crippen LogP contribution in [-0.4, -0.2) is 42.4 Å². The van der Waals surface area contributed by atoms with Gasteiger partial charge in [0.15, 0.2) is 6.29 Å². The molecule has 2 N–H and O–H groups in total. The molecule has 1 fully saturated rings. The molecule has 0 aromatic heterocycles. The van der Waals surface area contributed by atoms with Crippen LogP contribution in [0.2, 0.25) is 0 Å². The van der Waals surface area contributed by atoms with Gasteiger partial charge in [-0.05, 0) is 57.3 Å². The van der Waals surface area contributed by atoms with E-state index in [1.807, 2.05) is 0 Å². The normalized spacial score (nSPS) is 22.6. The topological polar surface area (TPSA) is 58.9 Å². The van der Waals surface area contributed by atoms with E-state index in [0.717, 1.165) is 51.7 Å². The Morgan fingerprint density at radius 1 is 1.20 bits per heavy atom. The minimum absolute atomic E-state index is 0.0106. The molecule has 20 heavy (non-hydrogen) atoms. The van der Waals surface area contributed by atoms with Gasteiger partial charge in [0.2, 0.25) is 0 Å². The lowest BCUT2D eigenvalue weighted by Crippen LogP contribution is -2.23. The monoisotopic (exact) mass is 288 g/mol. The predicted octanol–water partition coefficient (Wildman–Crippen LogP) is 2.86. The Bertz CT molecular complexity index is 217. The molecule has 0 spiro atoms. The second-order valence-electron chi connectivity index (χ2n) is 5.83. The highest BCUT2D eigenvalue weighted by molar-refractivity contribution is 4.63. The van der Waals surface area contributed by atoms with Gasteiger partial charge < -0.3 is 19.7 Å². The molecule has 0 aromatic carbocycles. The summed E-state index contributed by atoms with van der Waals surface area (Å²) in [4.78, 5) is 0. The first-order chi connectivity index (χ1) is 9.76. The maximum absolute atomic E-state index is 9.79. The zero-order valence-corrected chi connectivity index (χ0v) is 12.9. The van der Waals surface area contributed by atoms with E-state index >= 15 is 0 Å². The van der Waals surface area contributed by atoms with Crippen LogP contribution < -0.4 is 0 Å². The van der Waals surface area contributed by atoms with Gasteiger partial charge in [0.05, 0.1) is 6.10 Å². The van der Waals surface area contributed by atoms with Crippen molar-refractivity contribution >= 4 is 0 Å². The van der Waals surface area contributed by atoms with Gasteiger partial charge in [-0.3, -0.25) is 0 Å². The molecule has 120 valence electrons. The van der Waals surface area contributed by atoms with Crippen LogP contribution in [0, 0.1) is 5.92 Å². The summed E-state index contributed by atoms with van der Waals surface area (Å²) in [5.41, 5.74) is 0. The van der Waals surface area contributed by atoms with E-state index < -0.39 is 0 Å². The summed E-state index contributed by atoms with van der Waals surface area (Å²) in [6.45, 7) is 3.96. The molecule has 0 aromatic rings. The largest absolute Gasteiger partial charge is 0.396 e. The first kappa shape index (κ1) is 17.9. The highest BCUT2D eigenvalue weighted by Crippen LogP contribution is 2.20. The molecule has 3 atom stereocenters. The van der Waals surface area contributed by atoms with E-state index in [-0.39, 0.29) is 19.0 Å². The SMILES string of the molecule is CCC(CCOC1CCCCO1)CCC(O)CCCO. The summed E-state index contributed by atoms with van der Waals surface area (Å²) in [5, 5.41) is 18.5. The van der Waals surface area contributed by atoms with Gasteiger partial charge in [0, 0.05) is 19.8 Å². The lowest BCUT2D eigenvalue weighted by atomic mass is 9.94. The van der Waals surface area contributed by atoms with Crippen molar-refractivity contribution in [1.29, 1.82) is 0 Å². The van der Waals surface area contributed by atoms with Crippen molar-refractivity contribution in [3.05, 3.63) is 0 Å². The van der Waals surface area contributed by atoms with Gasteiger partial charge in [0.1, 0.15) is 0 Å². The minimum Gasteiger partial charge on any atom is -0.396 e. The van der Waals surface area contributed by atoms with Gasteiger partial charge in [-0.15, -0.1) is 0 Å². The van der Waals surface area contributed by atoms with Crippen LogP contribution in [0.3, 0.4) is 0 Å². The van der Waals surface area contributed by atoms with Crippen LogP contribution in [-0.2, 0) is 9.47 Å². The Balaban J connectivity index is 2.06. The molecule has 1 heterocycles. The van der Waals surface area contributed by atoms with Gasteiger partial charge in [-0.1, -0.05) is 13.3 Å². The van der Waals surface area contributed by atoms with Crippen LogP contribution in [0.15, 0.2) is 0 Å². The Labute approximate surface area is 123 Å². The highest BCUT2D eigenvalue weighted by Gasteiger charge is 2.15. The van der Waals surface area contributed by atoms with Crippen molar-refractivity contribution in [1.82, 2.24) is 0 Å².